The number of ether oxygens (including phenoxy) is 1. The number of hydrogen-bond acceptors (Lipinski definition) is 7. The Balaban J connectivity index is 1.55. The molecule has 2 aromatic carbocycles. The number of rotatable bonds is 8. The molecule has 1 aromatic heterocycles. The van der Waals surface area contributed by atoms with Gasteiger partial charge in [0.1, 0.15) is 29.1 Å². The molecule has 1 saturated carbocycles. The molecule has 10 heteroatoms. The van der Waals surface area contributed by atoms with Crippen molar-refractivity contribution >= 4 is 45.4 Å². The lowest BCUT2D eigenvalue weighted by atomic mass is 9.86. The molecule has 3 atom stereocenters. The second kappa shape index (κ2) is 12.5. The summed E-state index contributed by atoms with van der Waals surface area (Å²) in [5, 5.41) is 24.2. The third kappa shape index (κ3) is 5.93. The Hall–Kier alpha value is -3.22. The number of carbonyl (C=O) groups is 2. The molecule has 3 aromatic rings. The van der Waals surface area contributed by atoms with Crippen molar-refractivity contribution in [3.63, 3.8) is 0 Å². The molecule has 0 unspecified atom stereocenters. The van der Waals surface area contributed by atoms with Crippen LogP contribution in [0.5, 0.6) is 5.75 Å². The van der Waals surface area contributed by atoms with Gasteiger partial charge in [-0.1, -0.05) is 43.2 Å². The average Bonchev–Trinajstić information content (AvgIpc) is 3.49. The van der Waals surface area contributed by atoms with Gasteiger partial charge >= 0.3 is 5.63 Å². The minimum Gasteiger partial charge on any atom is -0.482 e. The first-order valence-corrected chi connectivity index (χ1v) is 14.5. The first-order valence-electron chi connectivity index (χ1n) is 13.4. The fourth-order valence-electron chi connectivity index (χ4n) is 5.55. The number of halogens is 1. The molecular weight excluding hydrogens is 627 g/mol. The molecule has 2 amide bonds. The van der Waals surface area contributed by atoms with Crippen LogP contribution in [0.4, 0.5) is 0 Å². The first-order chi connectivity index (χ1) is 19.4. The Morgan fingerprint density at radius 1 is 1.10 bits per heavy atom. The van der Waals surface area contributed by atoms with Gasteiger partial charge in [0, 0.05) is 30.0 Å². The van der Waals surface area contributed by atoms with Crippen LogP contribution in [-0.2, 0) is 4.79 Å². The van der Waals surface area contributed by atoms with Crippen molar-refractivity contribution in [1.82, 2.24) is 10.2 Å². The van der Waals surface area contributed by atoms with Gasteiger partial charge in [0.2, 0.25) is 5.91 Å². The van der Waals surface area contributed by atoms with Gasteiger partial charge < -0.3 is 29.6 Å². The predicted octanol–water partition coefficient (Wildman–Crippen LogP) is 3.40. The molecule has 2 aliphatic rings. The lowest BCUT2D eigenvalue weighted by molar-refractivity contribution is -0.118. The van der Waals surface area contributed by atoms with Crippen molar-refractivity contribution in [3.8, 4) is 5.75 Å². The van der Waals surface area contributed by atoms with E-state index in [0.29, 0.717) is 35.1 Å². The van der Waals surface area contributed by atoms with E-state index in [1.165, 1.54) is 6.07 Å². The molecule has 0 saturated heterocycles. The van der Waals surface area contributed by atoms with Crippen LogP contribution in [0.1, 0.15) is 42.5 Å². The lowest BCUT2D eigenvalue weighted by Crippen LogP contribution is -2.58. The number of fused-ring (bicyclic) bond motifs is 1. The van der Waals surface area contributed by atoms with Gasteiger partial charge in [0.25, 0.3) is 5.91 Å². The van der Waals surface area contributed by atoms with E-state index >= 15 is 0 Å². The number of aliphatic hydroxyl groups excluding tert-OH is 2. The summed E-state index contributed by atoms with van der Waals surface area (Å²) < 4.78 is 12.5. The molecule has 0 radical (unpaired) electrons. The van der Waals surface area contributed by atoms with Crippen molar-refractivity contribution in [2.75, 3.05) is 13.2 Å². The van der Waals surface area contributed by atoms with E-state index in [9.17, 15) is 24.6 Å². The van der Waals surface area contributed by atoms with Crippen LogP contribution in [0.15, 0.2) is 75.5 Å². The first kappa shape index (κ1) is 28.3. The molecule has 2 aliphatic carbocycles. The van der Waals surface area contributed by atoms with E-state index in [4.69, 9.17) is 9.15 Å². The van der Waals surface area contributed by atoms with Crippen LogP contribution in [0, 0.1) is 3.57 Å². The van der Waals surface area contributed by atoms with E-state index in [-0.39, 0.29) is 31.2 Å². The van der Waals surface area contributed by atoms with Crippen LogP contribution in [0.25, 0.3) is 11.0 Å². The standard InChI is InChI=1S/C30H31IN2O7/c31-22-10-4-6-12-25(22)39-26-17-19(28(36)32-13-14-34)16-23(27(26)35)33(20-8-2-3-9-20)29(37)21-15-18-7-1-5-11-24(18)40-30(21)38/h1,4-7,10-12,15,17,20,23,26-27,34-35H,2-3,8-9,13-14,16H2,(H,32,36)/t23-,26+,27+/m1/s1. The SMILES string of the molecule is O=C(NCCO)C1=C[C@H](Oc2ccccc2I)[C@@H](O)[C@H](N(C(=O)c2cc3ccccc3oc2=O)C2CCCC2)C1. The topological polar surface area (TPSA) is 129 Å². The highest BCUT2D eigenvalue weighted by atomic mass is 127. The number of nitrogens with zero attached hydrogens (tertiary/aromatic N) is 1. The quantitative estimate of drug-likeness (QED) is 0.250. The predicted molar refractivity (Wildman–Crippen MR) is 157 cm³/mol. The fraction of sp³-hybridized carbons (Fsp3) is 0.367. The molecule has 0 spiro atoms. The molecule has 210 valence electrons. The van der Waals surface area contributed by atoms with Gasteiger partial charge in [-0.15, -0.1) is 0 Å². The molecule has 9 nitrogen and oxygen atoms in total. The second-order valence-electron chi connectivity index (χ2n) is 10.1. The van der Waals surface area contributed by atoms with Crippen LogP contribution < -0.4 is 15.7 Å². The van der Waals surface area contributed by atoms with Gasteiger partial charge in [-0.05, 0) is 65.8 Å². The number of aliphatic hydroxyl groups is 2. The maximum absolute atomic E-state index is 14.2. The highest BCUT2D eigenvalue weighted by molar-refractivity contribution is 14.1. The third-order valence-corrected chi connectivity index (χ3v) is 8.39. The Morgan fingerprint density at radius 2 is 1.82 bits per heavy atom. The molecule has 1 fully saturated rings. The van der Waals surface area contributed by atoms with E-state index in [2.05, 4.69) is 27.9 Å². The Bertz CT molecular complexity index is 1480. The molecule has 1 heterocycles. The van der Waals surface area contributed by atoms with Crippen molar-refractivity contribution < 1.29 is 29.0 Å². The number of hydrogen-bond donors (Lipinski definition) is 3. The summed E-state index contributed by atoms with van der Waals surface area (Å²) in [4.78, 5) is 41.8. The summed E-state index contributed by atoms with van der Waals surface area (Å²) in [5.74, 6) is -0.417. The van der Waals surface area contributed by atoms with Gasteiger partial charge in [-0.25, -0.2) is 4.79 Å². The summed E-state index contributed by atoms with van der Waals surface area (Å²) in [6.45, 7) is -0.160. The number of nitrogens with one attached hydrogen (secondary N) is 1. The zero-order chi connectivity index (χ0) is 28.2. The molecule has 40 heavy (non-hydrogen) atoms. The molecule has 5 rings (SSSR count). The van der Waals surface area contributed by atoms with E-state index in [0.717, 1.165) is 16.4 Å². The number of carbonyl (C=O) groups excluding carboxylic acids is 2. The normalized spacial score (nSPS) is 21.2. The van der Waals surface area contributed by atoms with E-state index < -0.39 is 35.7 Å². The van der Waals surface area contributed by atoms with E-state index in [1.54, 1.807) is 41.3 Å². The maximum atomic E-state index is 14.2. The van der Waals surface area contributed by atoms with Crippen molar-refractivity contribution in [2.45, 2.75) is 56.4 Å². The number of benzene rings is 2. The van der Waals surface area contributed by atoms with Gasteiger partial charge in [0.15, 0.2) is 0 Å². The van der Waals surface area contributed by atoms with Crippen LogP contribution in [-0.4, -0.2) is 64.4 Å². The van der Waals surface area contributed by atoms with Gasteiger partial charge in [-0.3, -0.25) is 9.59 Å². The highest BCUT2D eigenvalue weighted by Gasteiger charge is 2.44. The van der Waals surface area contributed by atoms with Gasteiger partial charge in [-0.2, -0.15) is 0 Å². The molecule has 0 aliphatic heterocycles. The summed E-state index contributed by atoms with van der Waals surface area (Å²) in [6.07, 6.45) is 2.77. The number of amides is 2. The molecule has 0 bridgehead atoms. The largest absolute Gasteiger partial charge is 0.482 e. The molecular formula is C30H31IN2O7. The molecule has 3 N–H and O–H groups in total. The van der Waals surface area contributed by atoms with Crippen molar-refractivity contribution in [2.24, 2.45) is 0 Å². The van der Waals surface area contributed by atoms with Gasteiger partial charge in [0.05, 0.1) is 16.2 Å². The lowest BCUT2D eigenvalue weighted by Gasteiger charge is -2.43. The Labute approximate surface area is 245 Å². The summed E-state index contributed by atoms with van der Waals surface area (Å²) in [5.41, 5.74) is -0.152. The average molecular weight is 658 g/mol. The zero-order valence-corrected chi connectivity index (χ0v) is 24.0. The summed E-state index contributed by atoms with van der Waals surface area (Å²) in [7, 11) is 0. The zero-order valence-electron chi connectivity index (χ0n) is 21.8. The highest BCUT2D eigenvalue weighted by Crippen LogP contribution is 2.34. The smallest absolute Gasteiger partial charge is 0.349 e. The maximum Gasteiger partial charge on any atom is 0.349 e. The van der Waals surface area contributed by atoms with Crippen LogP contribution in [0.2, 0.25) is 0 Å². The summed E-state index contributed by atoms with van der Waals surface area (Å²) in [6, 6.07) is 14.8. The Kier molecular flexibility index (Phi) is 8.87. The van der Waals surface area contributed by atoms with Crippen LogP contribution in [0.3, 0.4) is 0 Å². The van der Waals surface area contributed by atoms with E-state index in [1.807, 2.05) is 18.2 Å². The minimum absolute atomic E-state index is 0.0608. The second-order valence-corrected chi connectivity index (χ2v) is 11.2. The fourth-order valence-corrected chi connectivity index (χ4v) is 6.07. The third-order valence-electron chi connectivity index (χ3n) is 7.50. The Morgan fingerprint density at radius 3 is 2.58 bits per heavy atom. The van der Waals surface area contributed by atoms with Crippen molar-refractivity contribution in [3.05, 3.63) is 85.8 Å². The van der Waals surface area contributed by atoms with Crippen molar-refractivity contribution in [1.29, 1.82) is 0 Å². The summed E-state index contributed by atoms with van der Waals surface area (Å²) >= 11 is 2.13. The monoisotopic (exact) mass is 658 g/mol. The minimum atomic E-state index is -1.18. The van der Waals surface area contributed by atoms with Crippen LogP contribution >= 0.6 is 22.6 Å². The number of para-hydroxylation sites is 2.